The zero-order chi connectivity index (χ0) is 6.69. The van der Waals surface area contributed by atoms with Gasteiger partial charge in [0.05, 0.1) is 0 Å². The van der Waals surface area contributed by atoms with Crippen LogP contribution in [0.25, 0.3) is 0 Å². The topological polar surface area (TPSA) is 40.5 Å². The minimum atomic E-state index is -1.32. The molecule has 0 amide bonds. The standard InChI is InChI=1S/C5H6BO2P/c7-6(8)5-2-1-3-9-4-5/h1-4,7-8H. The molecule has 0 aliphatic rings. The maximum atomic E-state index is 8.59. The highest BCUT2D eigenvalue weighted by molar-refractivity contribution is 7.28. The van der Waals surface area contributed by atoms with E-state index in [2.05, 4.69) is 0 Å². The number of rotatable bonds is 1. The molecule has 0 bridgehead atoms. The molecule has 0 fully saturated rings. The van der Waals surface area contributed by atoms with E-state index in [0.717, 1.165) is 8.19 Å². The fraction of sp³-hybridized carbons (Fsp3) is 0. The van der Waals surface area contributed by atoms with Gasteiger partial charge in [0.25, 0.3) is 0 Å². The largest absolute Gasteiger partial charge is 0.488 e. The molecule has 0 aliphatic carbocycles. The lowest BCUT2D eigenvalue weighted by atomic mass is 9.83. The van der Waals surface area contributed by atoms with Crippen LogP contribution in [0.5, 0.6) is 0 Å². The van der Waals surface area contributed by atoms with Gasteiger partial charge in [0.15, 0.2) is 0 Å². The molecule has 2 nitrogen and oxygen atoms in total. The SMILES string of the molecule is OB(O)c1cccpc1. The van der Waals surface area contributed by atoms with Gasteiger partial charge in [-0.1, -0.05) is 20.3 Å². The molecule has 0 aliphatic heterocycles. The average Bonchev–Trinajstić information content (AvgIpc) is 1.90. The monoisotopic (exact) mass is 140 g/mol. The van der Waals surface area contributed by atoms with Gasteiger partial charge in [-0.3, -0.25) is 0 Å². The highest BCUT2D eigenvalue weighted by atomic mass is 31.0. The molecule has 0 atom stereocenters. The van der Waals surface area contributed by atoms with Crippen LogP contribution in [0.4, 0.5) is 0 Å². The summed E-state index contributed by atoms with van der Waals surface area (Å²) in [5.41, 5.74) is 0.569. The summed E-state index contributed by atoms with van der Waals surface area (Å²) < 4.78 is 0. The van der Waals surface area contributed by atoms with Crippen LogP contribution < -0.4 is 5.46 Å². The quantitative estimate of drug-likeness (QED) is 0.536. The molecule has 0 aromatic carbocycles. The summed E-state index contributed by atoms with van der Waals surface area (Å²) in [5.74, 6) is 3.68. The average molecular weight is 140 g/mol. The van der Waals surface area contributed by atoms with Crippen molar-refractivity contribution in [3.05, 3.63) is 23.7 Å². The minimum absolute atomic E-state index is 0.569. The Morgan fingerprint density at radius 1 is 1.44 bits per heavy atom. The lowest BCUT2D eigenvalue weighted by molar-refractivity contribution is 0.426. The summed E-state index contributed by atoms with van der Waals surface area (Å²) in [6, 6.07) is 3.48. The second kappa shape index (κ2) is 2.97. The number of hydrogen-bond acceptors (Lipinski definition) is 2. The predicted molar refractivity (Wildman–Crippen MR) is 38.8 cm³/mol. The third-order valence-electron chi connectivity index (χ3n) is 0.983. The maximum absolute atomic E-state index is 8.59. The fourth-order valence-corrected chi connectivity index (χ4v) is 1.19. The lowest BCUT2D eigenvalue weighted by Crippen LogP contribution is -2.28. The summed E-state index contributed by atoms with van der Waals surface area (Å²) in [7, 11) is -0.308. The van der Waals surface area contributed by atoms with E-state index in [9.17, 15) is 0 Å². The van der Waals surface area contributed by atoms with Crippen molar-refractivity contribution < 1.29 is 10.0 Å². The van der Waals surface area contributed by atoms with Gasteiger partial charge in [-0.25, -0.2) is 0 Å². The van der Waals surface area contributed by atoms with Crippen LogP contribution in [0.3, 0.4) is 0 Å². The van der Waals surface area contributed by atoms with E-state index in [4.69, 9.17) is 10.0 Å². The zero-order valence-corrected chi connectivity index (χ0v) is 5.62. The molecular weight excluding hydrogens is 134 g/mol. The van der Waals surface area contributed by atoms with Crippen LogP contribution in [0.2, 0.25) is 0 Å². The molecule has 0 radical (unpaired) electrons. The molecular formula is C5H6BO2P. The highest BCUT2D eigenvalue weighted by Gasteiger charge is 2.07. The minimum Gasteiger partial charge on any atom is -0.423 e. The lowest BCUT2D eigenvalue weighted by Gasteiger charge is -1.93. The molecule has 2 N–H and O–H groups in total. The van der Waals surface area contributed by atoms with Gasteiger partial charge in [0.1, 0.15) is 0 Å². The Bertz CT molecular complexity index is 178. The summed E-state index contributed by atoms with van der Waals surface area (Å²) in [6.45, 7) is 0. The van der Waals surface area contributed by atoms with Crippen LogP contribution in [-0.4, -0.2) is 17.2 Å². The first-order valence-corrected chi connectivity index (χ1v) is 3.60. The normalized spacial score (nSPS) is 10.0. The Morgan fingerprint density at radius 3 is 2.56 bits per heavy atom. The Kier molecular flexibility index (Phi) is 2.23. The molecule has 0 saturated heterocycles. The van der Waals surface area contributed by atoms with E-state index in [1.54, 1.807) is 17.9 Å². The van der Waals surface area contributed by atoms with Crippen molar-refractivity contribution in [3.8, 4) is 0 Å². The van der Waals surface area contributed by atoms with Crippen LogP contribution in [0.15, 0.2) is 23.7 Å². The summed E-state index contributed by atoms with van der Waals surface area (Å²) >= 11 is 0. The molecule has 46 valence electrons. The van der Waals surface area contributed by atoms with Crippen molar-refractivity contribution in [1.82, 2.24) is 0 Å². The first-order valence-electron chi connectivity index (χ1n) is 2.57. The van der Waals surface area contributed by atoms with Crippen molar-refractivity contribution in [3.63, 3.8) is 0 Å². The van der Waals surface area contributed by atoms with Gasteiger partial charge in [-0.15, -0.1) is 0 Å². The fourth-order valence-electron chi connectivity index (χ4n) is 0.529. The Balaban J connectivity index is 2.85. The Morgan fingerprint density at radius 2 is 2.22 bits per heavy atom. The molecule has 9 heavy (non-hydrogen) atoms. The summed E-state index contributed by atoms with van der Waals surface area (Å²) in [4.78, 5) is 0. The van der Waals surface area contributed by atoms with Crippen LogP contribution in [-0.2, 0) is 0 Å². The van der Waals surface area contributed by atoms with Gasteiger partial charge >= 0.3 is 7.12 Å². The van der Waals surface area contributed by atoms with Crippen molar-refractivity contribution in [2.45, 2.75) is 0 Å². The predicted octanol–water partition coefficient (Wildman–Crippen LogP) is -0.0535. The van der Waals surface area contributed by atoms with E-state index in [1.807, 2.05) is 5.80 Å². The van der Waals surface area contributed by atoms with Crippen molar-refractivity contribution in [1.29, 1.82) is 0 Å². The van der Waals surface area contributed by atoms with Gasteiger partial charge in [-0.05, 0) is 17.1 Å². The molecule has 1 rings (SSSR count). The number of hydrogen-bond donors (Lipinski definition) is 2. The van der Waals surface area contributed by atoms with Gasteiger partial charge < -0.3 is 10.0 Å². The smallest absolute Gasteiger partial charge is 0.423 e. The molecule has 0 spiro atoms. The Hall–Kier alpha value is -0.365. The second-order valence-corrected chi connectivity index (χ2v) is 2.51. The molecule has 0 saturated carbocycles. The van der Waals surface area contributed by atoms with Crippen LogP contribution in [0, 0.1) is 0 Å². The van der Waals surface area contributed by atoms with Crippen molar-refractivity contribution >= 4 is 20.8 Å². The summed E-state index contributed by atoms with van der Waals surface area (Å²) in [5, 5.41) is 17.2. The first kappa shape index (κ1) is 6.75. The highest BCUT2D eigenvalue weighted by Crippen LogP contribution is 1.98. The molecule has 1 aromatic heterocycles. The summed E-state index contributed by atoms with van der Waals surface area (Å²) in [6.07, 6.45) is 0. The van der Waals surface area contributed by atoms with E-state index in [1.165, 1.54) is 0 Å². The first-order chi connectivity index (χ1) is 4.30. The molecule has 4 heteroatoms. The van der Waals surface area contributed by atoms with Gasteiger partial charge in [0, 0.05) is 0 Å². The maximum Gasteiger partial charge on any atom is 0.488 e. The van der Waals surface area contributed by atoms with Gasteiger partial charge in [0.2, 0.25) is 0 Å². The Labute approximate surface area is 55.4 Å². The molecule has 0 unspecified atom stereocenters. The van der Waals surface area contributed by atoms with Crippen LogP contribution in [0.1, 0.15) is 0 Å². The van der Waals surface area contributed by atoms with Crippen molar-refractivity contribution in [2.24, 2.45) is 0 Å². The van der Waals surface area contributed by atoms with Crippen molar-refractivity contribution in [2.75, 3.05) is 0 Å². The van der Waals surface area contributed by atoms with Crippen LogP contribution >= 0.6 is 8.19 Å². The molecule has 1 heterocycles. The van der Waals surface area contributed by atoms with Gasteiger partial charge in [-0.2, -0.15) is 0 Å². The third-order valence-corrected chi connectivity index (χ3v) is 1.77. The van der Waals surface area contributed by atoms with E-state index in [-0.39, 0.29) is 0 Å². The van der Waals surface area contributed by atoms with E-state index >= 15 is 0 Å². The second-order valence-electron chi connectivity index (χ2n) is 1.66. The third kappa shape index (κ3) is 1.79. The molecule has 1 aromatic rings. The zero-order valence-electron chi connectivity index (χ0n) is 4.73. The van der Waals surface area contributed by atoms with E-state index in [0.29, 0.717) is 5.46 Å². The van der Waals surface area contributed by atoms with E-state index < -0.39 is 7.12 Å².